The summed E-state index contributed by atoms with van der Waals surface area (Å²) < 4.78 is 30.7. The Morgan fingerprint density at radius 1 is 0.455 bits per heavy atom. The molecule has 0 aliphatic carbocycles. The number of nitrogens with one attached hydrogen (secondary N) is 1. The molecule has 0 saturated heterocycles. The Bertz CT molecular complexity index is 1500. The van der Waals surface area contributed by atoms with Crippen LogP contribution in [0.1, 0.15) is 303 Å². The first-order valence-electron chi connectivity index (χ1n) is 32.6. The Balaban J connectivity index is 5.19. The largest absolute Gasteiger partial charge is 0.472 e. The third-order valence-corrected chi connectivity index (χ3v) is 15.4. The molecule has 10 heteroatoms. The third-order valence-electron chi connectivity index (χ3n) is 14.4. The molecule has 0 fully saturated rings. The van der Waals surface area contributed by atoms with Gasteiger partial charge >= 0.3 is 13.8 Å². The van der Waals surface area contributed by atoms with Crippen molar-refractivity contribution < 1.29 is 37.3 Å². The summed E-state index contributed by atoms with van der Waals surface area (Å²) in [7, 11) is 1.49. The van der Waals surface area contributed by atoms with Gasteiger partial charge in [-0.2, -0.15) is 0 Å². The number of unbranched alkanes of at least 4 members (excludes halogenated alkanes) is 35. The number of quaternary nitrogens is 1. The number of carbonyl (C=O) groups is 2. The molecule has 3 atom stereocenters. The Kier molecular flexibility index (Phi) is 55.3. The summed E-state index contributed by atoms with van der Waals surface area (Å²) in [5.41, 5.74) is 0. The van der Waals surface area contributed by atoms with Crippen molar-refractivity contribution in [2.24, 2.45) is 0 Å². The predicted octanol–water partition coefficient (Wildman–Crippen LogP) is 20.2. The lowest BCUT2D eigenvalue weighted by atomic mass is 10.0. The number of esters is 1. The van der Waals surface area contributed by atoms with Gasteiger partial charge in [-0.05, 0) is 96.0 Å². The fourth-order valence-corrected chi connectivity index (χ4v) is 10.1. The van der Waals surface area contributed by atoms with Gasteiger partial charge in [0.15, 0.2) is 0 Å². The van der Waals surface area contributed by atoms with E-state index in [4.69, 9.17) is 13.8 Å². The minimum atomic E-state index is -4.45. The lowest BCUT2D eigenvalue weighted by Gasteiger charge is -2.27. The van der Waals surface area contributed by atoms with Crippen LogP contribution in [0.25, 0.3) is 0 Å². The number of amides is 1. The Morgan fingerprint density at radius 3 is 1.23 bits per heavy atom. The zero-order valence-electron chi connectivity index (χ0n) is 51.5. The number of rotatable bonds is 59. The predicted molar refractivity (Wildman–Crippen MR) is 332 cm³/mol. The van der Waals surface area contributed by atoms with Gasteiger partial charge in [0.05, 0.1) is 33.8 Å². The van der Waals surface area contributed by atoms with Crippen LogP contribution in [0.3, 0.4) is 0 Å². The number of allylic oxidation sites excluding steroid dienone is 9. The molecule has 450 valence electrons. The number of nitrogens with zero attached hydrogens (tertiary/aromatic N) is 1. The summed E-state index contributed by atoms with van der Waals surface area (Å²) in [6, 6.07) is -0.853. The molecule has 0 aromatic carbocycles. The standard InChI is InChI=1S/C67H125N2O7P/c1-7-10-13-16-19-22-25-28-30-31-32-33-34-35-36-37-39-41-44-47-50-53-56-59-66(70)68-64(63-75-77(72,73)74-62-61-69(4,5)6)65(58-55-52-49-46-43-40-27-24-21-18-15-12-9-3)76-67(71)60-57-54-51-48-45-42-38-29-26-23-20-17-14-11-8-2/h19,22-23,26,28,30,32-33,55,58,64-65H,7-18,20-21,24-25,27,29,31,34-54,56-57,59-63H2,1-6H3,(H-,68,70,72,73)/p+1/b22-19-,26-23-,30-28-,33-32-,58-55-. The van der Waals surface area contributed by atoms with Crippen molar-refractivity contribution in [2.75, 3.05) is 40.9 Å². The minimum absolute atomic E-state index is 0.0382. The number of hydrogen-bond donors (Lipinski definition) is 2. The van der Waals surface area contributed by atoms with Crippen molar-refractivity contribution in [3.63, 3.8) is 0 Å². The molecule has 3 unspecified atom stereocenters. The summed E-state index contributed by atoms with van der Waals surface area (Å²) in [4.78, 5) is 37.8. The maximum absolute atomic E-state index is 13.6. The lowest BCUT2D eigenvalue weighted by molar-refractivity contribution is -0.870. The van der Waals surface area contributed by atoms with Crippen molar-refractivity contribution in [3.05, 3.63) is 60.8 Å². The molecule has 0 bridgehead atoms. The van der Waals surface area contributed by atoms with Gasteiger partial charge in [-0.1, -0.05) is 255 Å². The van der Waals surface area contributed by atoms with Crippen LogP contribution < -0.4 is 5.32 Å². The Hall–Kier alpha value is -2.29. The number of phosphoric acid groups is 1. The maximum Gasteiger partial charge on any atom is 0.472 e. The molecule has 2 N–H and O–H groups in total. The highest BCUT2D eigenvalue weighted by molar-refractivity contribution is 7.47. The van der Waals surface area contributed by atoms with Crippen LogP contribution in [-0.2, 0) is 27.9 Å². The molecule has 0 saturated carbocycles. The van der Waals surface area contributed by atoms with Crippen LogP contribution in [-0.4, -0.2) is 74.3 Å². The van der Waals surface area contributed by atoms with Gasteiger partial charge in [-0.15, -0.1) is 0 Å². The monoisotopic (exact) mass is 1100 g/mol. The third kappa shape index (κ3) is 58.2. The topological polar surface area (TPSA) is 111 Å². The molecule has 0 aromatic heterocycles. The normalized spacial score (nSPS) is 14.0. The fraction of sp³-hybridized carbons (Fsp3) is 0.821. The van der Waals surface area contributed by atoms with E-state index in [1.54, 1.807) is 0 Å². The fourth-order valence-electron chi connectivity index (χ4n) is 9.35. The van der Waals surface area contributed by atoms with Crippen LogP contribution >= 0.6 is 7.82 Å². The number of carbonyl (C=O) groups excluding carboxylic acids is 2. The SMILES string of the molecule is CCCCC/C=C\C/C=C\C/C=C\CCCCCCCCCCCCC(=O)NC(COP(=O)(O)OCC[N+](C)(C)C)C(/C=C\CCCCCCCCCCCCC)OC(=O)CCCCCCCCC/C=C\CCCCCC. The van der Waals surface area contributed by atoms with E-state index in [1.807, 2.05) is 33.3 Å². The summed E-state index contributed by atoms with van der Waals surface area (Å²) >= 11 is 0. The second-order valence-corrected chi connectivity index (χ2v) is 24.7. The first-order valence-corrected chi connectivity index (χ1v) is 34.1. The number of hydrogen-bond acceptors (Lipinski definition) is 6. The Labute approximate surface area is 477 Å². The summed E-state index contributed by atoms with van der Waals surface area (Å²) in [6.45, 7) is 6.99. The smallest absolute Gasteiger partial charge is 0.456 e. The average Bonchev–Trinajstić information content (AvgIpc) is 3.39. The molecule has 0 heterocycles. The lowest BCUT2D eigenvalue weighted by Crippen LogP contribution is -2.47. The highest BCUT2D eigenvalue weighted by atomic mass is 31.2. The van der Waals surface area contributed by atoms with E-state index < -0.39 is 20.0 Å². The van der Waals surface area contributed by atoms with Gasteiger partial charge in [0.1, 0.15) is 19.3 Å². The van der Waals surface area contributed by atoms with Crippen LogP contribution in [0.5, 0.6) is 0 Å². The van der Waals surface area contributed by atoms with E-state index in [1.165, 1.54) is 193 Å². The van der Waals surface area contributed by atoms with E-state index in [2.05, 4.69) is 74.7 Å². The molecule has 9 nitrogen and oxygen atoms in total. The quantitative estimate of drug-likeness (QED) is 0.0205. The molecular formula is C67H126N2O7P+. The first kappa shape index (κ1) is 74.7. The van der Waals surface area contributed by atoms with E-state index in [0.29, 0.717) is 17.4 Å². The first-order chi connectivity index (χ1) is 37.4. The van der Waals surface area contributed by atoms with Crippen LogP contribution in [0, 0.1) is 0 Å². The number of ether oxygens (including phenoxy) is 1. The molecule has 1 amide bonds. The summed E-state index contributed by atoms with van der Waals surface area (Å²) in [5.74, 6) is -0.507. The van der Waals surface area contributed by atoms with Crippen molar-refractivity contribution in [2.45, 2.75) is 315 Å². The van der Waals surface area contributed by atoms with Gasteiger partial charge in [0.2, 0.25) is 5.91 Å². The molecule has 77 heavy (non-hydrogen) atoms. The Morgan fingerprint density at radius 2 is 0.792 bits per heavy atom. The van der Waals surface area contributed by atoms with E-state index in [0.717, 1.165) is 77.0 Å². The van der Waals surface area contributed by atoms with E-state index in [9.17, 15) is 19.0 Å². The molecule has 0 aliphatic rings. The molecule has 0 aliphatic heterocycles. The van der Waals surface area contributed by atoms with Crippen molar-refractivity contribution >= 4 is 19.7 Å². The van der Waals surface area contributed by atoms with Gasteiger partial charge in [-0.3, -0.25) is 18.6 Å². The highest BCUT2D eigenvalue weighted by Gasteiger charge is 2.30. The van der Waals surface area contributed by atoms with Gasteiger partial charge in [0.25, 0.3) is 0 Å². The summed E-state index contributed by atoms with van der Waals surface area (Å²) in [5, 5.41) is 3.06. The molecular weight excluding hydrogens is 976 g/mol. The second-order valence-electron chi connectivity index (χ2n) is 23.3. The summed E-state index contributed by atoms with van der Waals surface area (Å²) in [6.07, 6.45) is 72.1. The number of likely N-dealkylation sites (N-methyl/N-ethyl adjacent to an activating group) is 1. The molecule has 0 radical (unpaired) electrons. The molecule has 0 spiro atoms. The highest BCUT2D eigenvalue weighted by Crippen LogP contribution is 2.43. The van der Waals surface area contributed by atoms with E-state index in [-0.39, 0.29) is 31.5 Å². The minimum Gasteiger partial charge on any atom is -0.456 e. The second kappa shape index (κ2) is 57.0. The molecule has 0 aromatic rings. The van der Waals surface area contributed by atoms with Gasteiger partial charge in [0, 0.05) is 12.8 Å². The van der Waals surface area contributed by atoms with E-state index >= 15 is 0 Å². The van der Waals surface area contributed by atoms with Gasteiger partial charge in [-0.25, -0.2) is 4.57 Å². The van der Waals surface area contributed by atoms with Crippen LogP contribution in [0.4, 0.5) is 0 Å². The van der Waals surface area contributed by atoms with Crippen molar-refractivity contribution in [1.82, 2.24) is 5.32 Å². The van der Waals surface area contributed by atoms with Crippen molar-refractivity contribution in [3.8, 4) is 0 Å². The molecule has 0 rings (SSSR count). The van der Waals surface area contributed by atoms with Crippen LogP contribution in [0.2, 0.25) is 0 Å². The van der Waals surface area contributed by atoms with Crippen molar-refractivity contribution in [1.29, 1.82) is 0 Å². The average molecular weight is 1100 g/mol. The van der Waals surface area contributed by atoms with Gasteiger partial charge < -0.3 is 19.4 Å². The van der Waals surface area contributed by atoms with Crippen LogP contribution in [0.15, 0.2) is 60.8 Å². The number of phosphoric ester groups is 1. The maximum atomic E-state index is 13.6. The zero-order chi connectivity index (χ0) is 56.4. The zero-order valence-corrected chi connectivity index (χ0v) is 52.3.